The number of carbonyl (C=O) groups excluding carboxylic acids is 1. The van der Waals surface area contributed by atoms with E-state index in [9.17, 15) is 4.79 Å². The van der Waals surface area contributed by atoms with Crippen LogP contribution in [0.2, 0.25) is 0 Å². The number of ether oxygens (including phenoxy) is 1. The summed E-state index contributed by atoms with van der Waals surface area (Å²) in [6, 6.07) is 5.51. The Labute approximate surface area is 122 Å². The highest BCUT2D eigenvalue weighted by molar-refractivity contribution is 7.11. The summed E-state index contributed by atoms with van der Waals surface area (Å²) in [5.41, 5.74) is 2.59. The van der Waals surface area contributed by atoms with Gasteiger partial charge in [-0.1, -0.05) is 13.0 Å². The number of nitrogens with one attached hydrogen (secondary N) is 1. The Kier molecular flexibility index (Phi) is 4.74. The van der Waals surface area contributed by atoms with Gasteiger partial charge in [-0.3, -0.25) is 0 Å². The molecule has 0 atom stereocenters. The second-order valence-electron chi connectivity index (χ2n) is 4.45. The Morgan fingerprint density at radius 3 is 2.90 bits per heavy atom. The Hall–Kier alpha value is -1.88. The van der Waals surface area contributed by atoms with E-state index in [0.717, 1.165) is 22.7 Å². The first-order chi connectivity index (χ1) is 9.63. The number of thiazole rings is 1. The van der Waals surface area contributed by atoms with E-state index in [1.165, 1.54) is 12.0 Å². The molecule has 0 spiro atoms. The van der Waals surface area contributed by atoms with Crippen LogP contribution in [0.15, 0.2) is 24.4 Å². The quantitative estimate of drug-likeness (QED) is 0.857. The molecule has 0 saturated heterocycles. The van der Waals surface area contributed by atoms with Gasteiger partial charge >= 0.3 is 5.97 Å². The smallest absolute Gasteiger partial charge is 0.337 e. The molecule has 1 aromatic carbocycles. The van der Waals surface area contributed by atoms with Gasteiger partial charge in [0.15, 0.2) is 0 Å². The molecular weight excluding hydrogens is 272 g/mol. The second kappa shape index (κ2) is 6.52. The van der Waals surface area contributed by atoms with Gasteiger partial charge in [-0.05, 0) is 31.0 Å². The first-order valence-corrected chi connectivity index (χ1v) is 7.32. The molecule has 1 aromatic heterocycles. The van der Waals surface area contributed by atoms with E-state index in [1.807, 2.05) is 25.3 Å². The van der Waals surface area contributed by atoms with Crippen molar-refractivity contribution < 1.29 is 9.53 Å². The van der Waals surface area contributed by atoms with Crippen LogP contribution >= 0.6 is 11.3 Å². The molecule has 0 aliphatic heterocycles. The van der Waals surface area contributed by atoms with Crippen molar-refractivity contribution in [3.63, 3.8) is 0 Å². The topological polar surface area (TPSA) is 51.2 Å². The minimum absolute atomic E-state index is 0.320. The number of rotatable bonds is 5. The summed E-state index contributed by atoms with van der Waals surface area (Å²) in [5, 5.41) is 4.49. The Balaban J connectivity index is 2.10. The fourth-order valence-corrected chi connectivity index (χ4v) is 2.63. The standard InChI is InChI=1S/C15H18N2O2S/c1-4-14-17-9-12(20-14)8-16-13-7-11(15(18)19-3)6-5-10(13)2/h5-7,9,16H,4,8H2,1-3H3. The highest BCUT2D eigenvalue weighted by Crippen LogP contribution is 2.20. The molecule has 1 N–H and O–H groups in total. The minimum Gasteiger partial charge on any atom is -0.465 e. The van der Waals surface area contributed by atoms with Gasteiger partial charge in [0.25, 0.3) is 0 Å². The van der Waals surface area contributed by atoms with Crippen LogP contribution in [0.5, 0.6) is 0 Å². The zero-order chi connectivity index (χ0) is 14.5. The van der Waals surface area contributed by atoms with Crippen molar-refractivity contribution in [1.29, 1.82) is 0 Å². The summed E-state index contributed by atoms with van der Waals surface area (Å²) >= 11 is 1.71. The molecule has 0 amide bonds. The van der Waals surface area contributed by atoms with Crippen molar-refractivity contribution in [3.8, 4) is 0 Å². The number of esters is 1. The van der Waals surface area contributed by atoms with Crippen molar-refractivity contribution in [3.05, 3.63) is 45.4 Å². The van der Waals surface area contributed by atoms with Crippen molar-refractivity contribution >= 4 is 23.0 Å². The van der Waals surface area contributed by atoms with Gasteiger partial charge in [0.05, 0.1) is 24.2 Å². The van der Waals surface area contributed by atoms with Crippen LogP contribution < -0.4 is 5.32 Å². The Bertz CT molecular complexity index is 608. The predicted molar refractivity (Wildman–Crippen MR) is 81.3 cm³/mol. The summed E-state index contributed by atoms with van der Waals surface area (Å²) < 4.78 is 4.74. The number of aromatic nitrogens is 1. The maximum absolute atomic E-state index is 11.5. The molecule has 106 valence electrons. The molecule has 0 aliphatic rings. The number of anilines is 1. The molecule has 0 unspecified atom stereocenters. The molecule has 0 aliphatic carbocycles. The van der Waals surface area contributed by atoms with E-state index in [1.54, 1.807) is 17.4 Å². The normalized spacial score (nSPS) is 10.3. The van der Waals surface area contributed by atoms with Gasteiger partial charge in [0.1, 0.15) is 0 Å². The average Bonchev–Trinajstić information content (AvgIpc) is 2.93. The molecular formula is C15H18N2O2S. The third-order valence-corrected chi connectivity index (χ3v) is 4.16. The Morgan fingerprint density at radius 1 is 1.45 bits per heavy atom. The highest BCUT2D eigenvalue weighted by Gasteiger charge is 2.08. The molecule has 20 heavy (non-hydrogen) atoms. The maximum Gasteiger partial charge on any atom is 0.337 e. The molecule has 2 aromatic rings. The first-order valence-electron chi connectivity index (χ1n) is 6.50. The molecule has 0 bridgehead atoms. The molecule has 2 rings (SSSR count). The van der Waals surface area contributed by atoms with Gasteiger partial charge in [-0.15, -0.1) is 11.3 Å². The van der Waals surface area contributed by atoms with Crippen LogP contribution in [0, 0.1) is 6.92 Å². The fraction of sp³-hybridized carbons (Fsp3) is 0.333. The summed E-state index contributed by atoms with van der Waals surface area (Å²) in [7, 11) is 1.39. The summed E-state index contributed by atoms with van der Waals surface area (Å²) in [6.07, 6.45) is 2.86. The van der Waals surface area contributed by atoms with E-state index in [-0.39, 0.29) is 5.97 Å². The van der Waals surface area contributed by atoms with Crippen molar-refractivity contribution in [1.82, 2.24) is 4.98 Å². The van der Waals surface area contributed by atoms with Crippen LogP contribution in [0.25, 0.3) is 0 Å². The van der Waals surface area contributed by atoms with Gasteiger partial charge in [0.2, 0.25) is 0 Å². The van der Waals surface area contributed by atoms with Crippen molar-refractivity contribution in [2.75, 3.05) is 12.4 Å². The zero-order valence-corrected chi connectivity index (χ0v) is 12.7. The van der Waals surface area contributed by atoms with Gasteiger partial charge in [-0.2, -0.15) is 0 Å². The number of nitrogens with zero attached hydrogens (tertiary/aromatic N) is 1. The highest BCUT2D eigenvalue weighted by atomic mass is 32.1. The summed E-state index contributed by atoms with van der Waals surface area (Å²) in [6.45, 7) is 4.82. The van der Waals surface area contributed by atoms with Crippen molar-refractivity contribution in [2.45, 2.75) is 26.8 Å². The summed E-state index contributed by atoms with van der Waals surface area (Å²) in [5.74, 6) is -0.320. The number of benzene rings is 1. The van der Waals surface area contributed by atoms with Crippen LogP contribution in [-0.4, -0.2) is 18.1 Å². The van der Waals surface area contributed by atoms with E-state index in [0.29, 0.717) is 12.1 Å². The molecule has 1 heterocycles. The van der Waals surface area contributed by atoms with Crippen LogP contribution in [0.4, 0.5) is 5.69 Å². The molecule has 5 heteroatoms. The average molecular weight is 290 g/mol. The third kappa shape index (κ3) is 3.36. The lowest BCUT2D eigenvalue weighted by Gasteiger charge is -2.10. The lowest BCUT2D eigenvalue weighted by molar-refractivity contribution is 0.0601. The second-order valence-corrected chi connectivity index (χ2v) is 5.65. The number of aryl methyl sites for hydroxylation is 2. The number of hydrogen-bond acceptors (Lipinski definition) is 5. The van der Waals surface area contributed by atoms with Gasteiger partial charge in [-0.25, -0.2) is 9.78 Å². The zero-order valence-electron chi connectivity index (χ0n) is 11.9. The lowest BCUT2D eigenvalue weighted by Crippen LogP contribution is -2.04. The molecule has 4 nitrogen and oxygen atoms in total. The summed E-state index contributed by atoms with van der Waals surface area (Å²) in [4.78, 5) is 17.1. The number of carbonyl (C=O) groups is 1. The number of hydrogen-bond donors (Lipinski definition) is 1. The fourth-order valence-electron chi connectivity index (χ4n) is 1.83. The van der Waals surface area contributed by atoms with E-state index >= 15 is 0 Å². The lowest BCUT2D eigenvalue weighted by atomic mass is 10.1. The minimum atomic E-state index is -0.320. The van der Waals surface area contributed by atoms with E-state index in [4.69, 9.17) is 4.74 Å². The largest absolute Gasteiger partial charge is 0.465 e. The third-order valence-electron chi connectivity index (χ3n) is 3.02. The predicted octanol–water partition coefficient (Wildman–Crippen LogP) is 3.41. The van der Waals surface area contributed by atoms with E-state index < -0.39 is 0 Å². The van der Waals surface area contributed by atoms with Crippen molar-refractivity contribution in [2.24, 2.45) is 0 Å². The maximum atomic E-state index is 11.5. The number of methoxy groups -OCH3 is 1. The molecule has 0 radical (unpaired) electrons. The van der Waals surface area contributed by atoms with Gasteiger partial charge < -0.3 is 10.1 Å². The Morgan fingerprint density at radius 2 is 2.25 bits per heavy atom. The van der Waals surface area contributed by atoms with Crippen LogP contribution in [-0.2, 0) is 17.7 Å². The molecule has 0 saturated carbocycles. The monoisotopic (exact) mass is 290 g/mol. The van der Waals surface area contributed by atoms with Gasteiger partial charge in [0, 0.05) is 16.8 Å². The van der Waals surface area contributed by atoms with E-state index in [2.05, 4.69) is 17.2 Å². The van der Waals surface area contributed by atoms with Crippen LogP contribution in [0.1, 0.15) is 32.7 Å². The van der Waals surface area contributed by atoms with Crippen LogP contribution in [0.3, 0.4) is 0 Å². The molecule has 0 fully saturated rings. The first kappa shape index (κ1) is 14.5. The SMILES string of the molecule is CCc1ncc(CNc2cc(C(=O)OC)ccc2C)s1.